The fourth-order valence-electron chi connectivity index (χ4n) is 2.87. The number of nitrogens with zero attached hydrogens (tertiary/aromatic N) is 1. The number of rotatable bonds is 4. The molecule has 1 aliphatic rings. The van der Waals surface area contributed by atoms with Crippen molar-refractivity contribution >= 4 is 43.2 Å². The topological polar surface area (TPSA) is 102 Å². The minimum atomic E-state index is -3.92. The summed E-state index contributed by atoms with van der Waals surface area (Å²) in [5, 5.41) is 8.08. The van der Waals surface area contributed by atoms with E-state index >= 15 is 0 Å². The van der Waals surface area contributed by atoms with E-state index in [9.17, 15) is 13.2 Å². The molecule has 2 aromatic carbocycles. The summed E-state index contributed by atoms with van der Waals surface area (Å²) in [5.74, 6) is -0.399. The number of amides is 1. The molecule has 1 amide bonds. The molecule has 0 saturated carbocycles. The lowest BCUT2D eigenvalue weighted by atomic mass is 10.1. The number of halogens is 1. The number of primary sulfonamides is 1. The lowest BCUT2D eigenvalue weighted by Crippen LogP contribution is -2.37. The van der Waals surface area contributed by atoms with Crippen LogP contribution in [0.4, 0.5) is 11.4 Å². The third kappa shape index (κ3) is 4.67. The van der Waals surface area contributed by atoms with Gasteiger partial charge in [0.15, 0.2) is 0 Å². The van der Waals surface area contributed by atoms with Gasteiger partial charge in [-0.15, -0.1) is 0 Å². The van der Waals surface area contributed by atoms with Crippen molar-refractivity contribution in [3.63, 3.8) is 0 Å². The van der Waals surface area contributed by atoms with Gasteiger partial charge in [0.25, 0.3) is 5.91 Å². The predicted molar refractivity (Wildman–Crippen MR) is 108 cm³/mol. The molecule has 1 fully saturated rings. The monoisotopic (exact) mass is 453 g/mol. The molecule has 1 heterocycles. The summed E-state index contributed by atoms with van der Waals surface area (Å²) in [4.78, 5) is 14.8. The van der Waals surface area contributed by atoms with Gasteiger partial charge in [-0.3, -0.25) is 4.79 Å². The maximum Gasteiger partial charge on any atom is 0.257 e. The molecule has 3 rings (SSSR count). The van der Waals surface area contributed by atoms with Crippen molar-refractivity contribution in [2.75, 3.05) is 36.5 Å². The maximum absolute atomic E-state index is 12.9. The minimum absolute atomic E-state index is 0.100. The minimum Gasteiger partial charge on any atom is -0.378 e. The normalized spacial score (nSPS) is 14.9. The summed E-state index contributed by atoms with van der Waals surface area (Å²) >= 11 is 3.42. The van der Waals surface area contributed by atoms with Gasteiger partial charge in [-0.25, -0.2) is 13.6 Å². The lowest BCUT2D eigenvalue weighted by molar-refractivity contribution is 0.102. The molecule has 9 heteroatoms. The third-order valence-electron chi connectivity index (χ3n) is 4.31. The third-order valence-corrected chi connectivity index (χ3v) is 6.11. The zero-order chi connectivity index (χ0) is 19.6. The van der Waals surface area contributed by atoms with Crippen molar-refractivity contribution < 1.29 is 17.9 Å². The SMILES string of the molecule is Cc1cc(NC(=O)c2cc(S(N)(=O)=O)ccc2N2CCOCC2)ccc1Br. The molecule has 1 aliphatic heterocycles. The van der Waals surface area contributed by atoms with Gasteiger partial charge < -0.3 is 15.0 Å². The number of carbonyl (C=O) groups excluding carboxylic acids is 1. The van der Waals surface area contributed by atoms with E-state index in [0.717, 1.165) is 10.0 Å². The second-order valence-corrected chi connectivity index (χ2v) is 8.66. The molecule has 0 aliphatic carbocycles. The van der Waals surface area contributed by atoms with E-state index in [1.54, 1.807) is 12.1 Å². The molecule has 0 unspecified atom stereocenters. The molecule has 27 heavy (non-hydrogen) atoms. The number of nitrogens with one attached hydrogen (secondary N) is 1. The number of carbonyl (C=O) groups is 1. The Labute approximate surface area is 166 Å². The van der Waals surface area contributed by atoms with Crippen molar-refractivity contribution in [1.82, 2.24) is 0 Å². The molecule has 0 aromatic heterocycles. The van der Waals surface area contributed by atoms with Crippen molar-refractivity contribution in [3.8, 4) is 0 Å². The summed E-state index contributed by atoms with van der Waals surface area (Å²) in [7, 11) is -3.92. The van der Waals surface area contributed by atoms with E-state index < -0.39 is 15.9 Å². The number of aryl methyl sites for hydroxylation is 1. The molecule has 1 saturated heterocycles. The molecule has 0 bridgehead atoms. The largest absolute Gasteiger partial charge is 0.378 e. The van der Waals surface area contributed by atoms with Gasteiger partial charge in [0.2, 0.25) is 10.0 Å². The fourth-order valence-corrected chi connectivity index (χ4v) is 3.66. The van der Waals surface area contributed by atoms with E-state index in [2.05, 4.69) is 21.2 Å². The van der Waals surface area contributed by atoms with Crippen LogP contribution in [0.3, 0.4) is 0 Å². The van der Waals surface area contributed by atoms with Crippen LogP contribution in [0, 0.1) is 6.92 Å². The summed E-state index contributed by atoms with van der Waals surface area (Å²) < 4.78 is 29.8. The van der Waals surface area contributed by atoms with Gasteiger partial charge in [-0.05, 0) is 48.9 Å². The number of morpholine rings is 1. The van der Waals surface area contributed by atoms with Crippen molar-refractivity contribution in [3.05, 3.63) is 52.0 Å². The first-order chi connectivity index (χ1) is 12.8. The molecule has 7 nitrogen and oxygen atoms in total. The van der Waals surface area contributed by atoms with Crippen LogP contribution in [0.2, 0.25) is 0 Å². The maximum atomic E-state index is 12.9. The Bertz CT molecular complexity index is 973. The number of ether oxygens (including phenoxy) is 1. The van der Waals surface area contributed by atoms with Crippen LogP contribution < -0.4 is 15.4 Å². The summed E-state index contributed by atoms with van der Waals surface area (Å²) in [6.45, 7) is 4.24. The van der Waals surface area contributed by atoms with E-state index in [0.29, 0.717) is 37.7 Å². The number of hydrogen-bond acceptors (Lipinski definition) is 5. The zero-order valence-electron chi connectivity index (χ0n) is 14.7. The Hall–Kier alpha value is -1.94. The van der Waals surface area contributed by atoms with E-state index in [4.69, 9.17) is 9.88 Å². The quantitative estimate of drug-likeness (QED) is 0.740. The second-order valence-electron chi connectivity index (χ2n) is 6.24. The Morgan fingerprint density at radius 1 is 1.19 bits per heavy atom. The number of sulfonamides is 1. The molecular formula is C18H20BrN3O4S. The molecule has 0 radical (unpaired) electrons. The van der Waals surface area contributed by atoms with Gasteiger partial charge in [0.1, 0.15) is 0 Å². The van der Waals surface area contributed by atoms with Crippen LogP contribution in [0.25, 0.3) is 0 Å². The number of hydrogen-bond donors (Lipinski definition) is 2. The summed E-state index contributed by atoms with van der Waals surface area (Å²) in [6, 6.07) is 9.80. The zero-order valence-corrected chi connectivity index (χ0v) is 17.1. The van der Waals surface area contributed by atoms with Crippen molar-refractivity contribution in [1.29, 1.82) is 0 Å². The van der Waals surface area contributed by atoms with Crippen LogP contribution in [0.5, 0.6) is 0 Å². The smallest absolute Gasteiger partial charge is 0.257 e. The average Bonchev–Trinajstić information content (AvgIpc) is 2.64. The predicted octanol–water partition coefficient (Wildman–Crippen LogP) is 2.49. The molecular weight excluding hydrogens is 434 g/mol. The Morgan fingerprint density at radius 2 is 1.89 bits per heavy atom. The molecule has 0 atom stereocenters. The molecule has 0 spiro atoms. The number of benzene rings is 2. The van der Waals surface area contributed by atoms with E-state index in [-0.39, 0.29) is 10.5 Å². The first kappa shape index (κ1) is 19.8. The van der Waals surface area contributed by atoms with Crippen LogP contribution >= 0.6 is 15.9 Å². The fraction of sp³-hybridized carbons (Fsp3) is 0.278. The Balaban J connectivity index is 1.98. The highest BCUT2D eigenvalue weighted by atomic mass is 79.9. The summed E-state index contributed by atoms with van der Waals surface area (Å²) in [6.07, 6.45) is 0. The Morgan fingerprint density at radius 3 is 2.52 bits per heavy atom. The first-order valence-electron chi connectivity index (χ1n) is 8.33. The van der Waals surface area contributed by atoms with Gasteiger partial charge in [-0.1, -0.05) is 15.9 Å². The Kier molecular flexibility index (Phi) is 5.85. The molecule has 2 aromatic rings. The first-order valence-corrected chi connectivity index (χ1v) is 10.7. The number of nitrogens with two attached hydrogens (primary N) is 1. The van der Waals surface area contributed by atoms with Crippen LogP contribution in [-0.4, -0.2) is 40.6 Å². The number of anilines is 2. The van der Waals surface area contributed by atoms with Crippen LogP contribution in [-0.2, 0) is 14.8 Å². The van der Waals surface area contributed by atoms with Gasteiger partial charge in [0.05, 0.1) is 23.7 Å². The van der Waals surface area contributed by atoms with E-state index in [1.165, 1.54) is 12.1 Å². The lowest BCUT2D eigenvalue weighted by Gasteiger charge is -2.30. The highest BCUT2D eigenvalue weighted by Gasteiger charge is 2.22. The van der Waals surface area contributed by atoms with Gasteiger partial charge in [-0.2, -0.15) is 0 Å². The summed E-state index contributed by atoms with van der Waals surface area (Å²) in [5.41, 5.74) is 2.50. The van der Waals surface area contributed by atoms with Gasteiger partial charge in [0, 0.05) is 28.9 Å². The van der Waals surface area contributed by atoms with E-state index in [1.807, 2.05) is 24.0 Å². The van der Waals surface area contributed by atoms with Crippen molar-refractivity contribution in [2.45, 2.75) is 11.8 Å². The standard InChI is InChI=1S/C18H20BrN3O4S/c1-12-10-13(2-4-16(12)19)21-18(23)15-11-14(27(20,24)25)3-5-17(15)22-6-8-26-9-7-22/h2-5,10-11H,6-9H2,1H3,(H,21,23)(H2,20,24,25). The molecule has 3 N–H and O–H groups in total. The highest BCUT2D eigenvalue weighted by molar-refractivity contribution is 9.10. The molecule has 144 valence electrons. The highest BCUT2D eigenvalue weighted by Crippen LogP contribution is 2.27. The van der Waals surface area contributed by atoms with Crippen molar-refractivity contribution in [2.24, 2.45) is 5.14 Å². The van der Waals surface area contributed by atoms with Gasteiger partial charge >= 0.3 is 0 Å². The van der Waals surface area contributed by atoms with Crippen LogP contribution in [0.1, 0.15) is 15.9 Å². The van der Waals surface area contributed by atoms with Crippen LogP contribution in [0.15, 0.2) is 45.8 Å². The second kappa shape index (κ2) is 7.97. The average molecular weight is 454 g/mol.